The Morgan fingerprint density at radius 3 is 2.64 bits per heavy atom. The number of hydrogen-bond acceptors (Lipinski definition) is 3. The van der Waals surface area contributed by atoms with E-state index in [4.69, 9.17) is 10.7 Å². The molecule has 0 aliphatic carbocycles. The molecule has 0 radical (unpaired) electrons. The number of nitrogens with zero attached hydrogens (tertiary/aromatic N) is 3. The average molecular weight is 334 g/mol. The number of piperidine rings is 1. The van der Waals surface area contributed by atoms with Gasteiger partial charge >= 0.3 is 0 Å². The predicted molar refractivity (Wildman–Crippen MR) is 103 cm³/mol. The molecule has 130 valence electrons. The number of pyridine rings is 1. The Morgan fingerprint density at radius 1 is 1.12 bits per heavy atom. The zero-order valence-electron chi connectivity index (χ0n) is 15.1. The third-order valence-corrected chi connectivity index (χ3v) is 5.34. The van der Waals surface area contributed by atoms with E-state index in [-0.39, 0.29) is 0 Å². The van der Waals surface area contributed by atoms with Crippen LogP contribution in [0.4, 0.5) is 5.69 Å². The van der Waals surface area contributed by atoms with Crippen molar-refractivity contribution in [1.29, 1.82) is 0 Å². The minimum Gasteiger partial charge on any atom is -0.399 e. The standard InChI is InChI=1S/C21H26N4/c1-15-9-11-24(12-10-15)14-19-21(17-6-4-7-18(22)13-17)23-20-8-3-5-16(2)25(19)20/h3-8,13,15H,9-12,14,22H2,1-2H3. The van der Waals surface area contributed by atoms with Crippen LogP contribution < -0.4 is 5.73 Å². The number of aromatic nitrogens is 2. The topological polar surface area (TPSA) is 46.6 Å². The zero-order valence-corrected chi connectivity index (χ0v) is 15.1. The highest BCUT2D eigenvalue weighted by Crippen LogP contribution is 2.29. The summed E-state index contributed by atoms with van der Waals surface area (Å²) < 4.78 is 2.30. The van der Waals surface area contributed by atoms with Crippen molar-refractivity contribution in [2.24, 2.45) is 5.92 Å². The normalized spacial score (nSPS) is 16.6. The number of aryl methyl sites for hydroxylation is 1. The van der Waals surface area contributed by atoms with Crippen molar-refractivity contribution < 1.29 is 0 Å². The average Bonchev–Trinajstić information content (AvgIpc) is 2.97. The first kappa shape index (κ1) is 16.2. The summed E-state index contributed by atoms with van der Waals surface area (Å²) in [6.45, 7) is 7.77. The van der Waals surface area contributed by atoms with Crippen LogP contribution in [0.1, 0.15) is 31.2 Å². The van der Waals surface area contributed by atoms with Crippen LogP contribution in [0.15, 0.2) is 42.5 Å². The van der Waals surface area contributed by atoms with E-state index in [1.54, 1.807) is 0 Å². The highest BCUT2D eigenvalue weighted by Gasteiger charge is 2.21. The van der Waals surface area contributed by atoms with Crippen LogP contribution in [0.3, 0.4) is 0 Å². The van der Waals surface area contributed by atoms with Gasteiger partial charge in [-0.25, -0.2) is 4.98 Å². The van der Waals surface area contributed by atoms with Crippen molar-refractivity contribution in [3.63, 3.8) is 0 Å². The molecule has 4 rings (SSSR count). The quantitative estimate of drug-likeness (QED) is 0.733. The Morgan fingerprint density at radius 2 is 1.88 bits per heavy atom. The van der Waals surface area contributed by atoms with Gasteiger partial charge in [-0.15, -0.1) is 0 Å². The molecule has 3 aromatic rings. The van der Waals surface area contributed by atoms with Gasteiger partial charge in [0.05, 0.1) is 11.4 Å². The maximum absolute atomic E-state index is 6.02. The lowest BCUT2D eigenvalue weighted by atomic mass is 9.99. The molecule has 0 spiro atoms. The van der Waals surface area contributed by atoms with Gasteiger partial charge in [-0.1, -0.05) is 25.1 Å². The fourth-order valence-electron chi connectivity index (χ4n) is 3.82. The molecular weight excluding hydrogens is 308 g/mol. The van der Waals surface area contributed by atoms with E-state index in [0.717, 1.165) is 48.1 Å². The summed E-state index contributed by atoms with van der Waals surface area (Å²) in [7, 11) is 0. The first-order chi connectivity index (χ1) is 12.1. The monoisotopic (exact) mass is 334 g/mol. The maximum Gasteiger partial charge on any atom is 0.137 e. The Hall–Kier alpha value is -2.33. The van der Waals surface area contributed by atoms with E-state index in [1.165, 1.54) is 24.2 Å². The highest BCUT2D eigenvalue weighted by atomic mass is 15.2. The molecule has 0 amide bonds. The molecule has 2 N–H and O–H groups in total. The number of likely N-dealkylation sites (tertiary alicyclic amines) is 1. The summed E-state index contributed by atoms with van der Waals surface area (Å²) in [5.41, 5.74) is 12.5. The number of hydrogen-bond donors (Lipinski definition) is 1. The van der Waals surface area contributed by atoms with Crippen molar-refractivity contribution in [2.75, 3.05) is 18.8 Å². The van der Waals surface area contributed by atoms with Crippen LogP contribution in [-0.2, 0) is 6.54 Å². The third-order valence-electron chi connectivity index (χ3n) is 5.34. The second-order valence-electron chi connectivity index (χ2n) is 7.35. The number of fused-ring (bicyclic) bond motifs is 1. The SMILES string of the molecule is Cc1cccc2nc(-c3cccc(N)c3)c(CN3CCC(C)CC3)n12. The van der Waals surface area contributed by atoms with Gasteiger partial charge in [-0.05, 0) is 63.0 Å². The minimum absolute atomic E-state index is 0.782. The van der Waals surface area contributed by atoms with Gasteiger partial charge in [0, 0.05) is 23.5 Å². The van der Waals surface area contributed by atoms with Crippen molar-refractivity contribution >= 4 is 11.3 Å². The second-order valence-corrected chi connectivity index (χ2v) is 7.35. The number of nitrogens with two attached hydrogens (primary N) is 1. The lowest BCUT2D eigenvalue weighted by Crippen LogP contribution is -2.33. The van der Waals surface area contributed by atoms with Crippen molar-refractivity contribution in [2.45, 2.75) is 33.2 Å². The largest absolute Gasteiger partial charge is 0.399 e. The van der Waals surface area contributed by atoms with E-state index >= 15 is 0 Å². The zero-order chi connectivity index (χ0) is 17.4. The van der Waals surface area contributed by atoms with Crippen LogP contribution in [0.25, 0.3) is 16.9 Å². The first-order valence-corrected chi connectivity index (χ1v) is 9.17. The number of benzene rings is 1. The summed E-state index contributed by atoms with van der Waals surface area (Å²) in [5.74, 6) is 0.841. The molecule has 1 aromatic carbocycles. The van der Waals surface area contributed by atoms with Gasteiger partial charge in [0.1, 0.15) is 5.65 Å². The van der Waals surface area contributed by atoms with Crippen molar-refractivity contribution in [1.82, 2.24) is 14.3 Å². The van der Waals surface area contributed by atoms with Gasteiger partial charge in [-0.2, -0.15) is 0 Å². The van der Waals surface area contributed by atoms with E-state index < -0.39 is 0 Å². The van der Waals surface area contributed by atoms with Crippen LogP contribution in [0.2, 0.25) is 0 Å². The van der Waals surface area contributed by atoms with Crippen LogP contribution >= 0.6 is 0 Å². The molecule has 1 saturated heterocycles. The van der Waals surface area contributed by atoms with E-state index in [0.29, 0.717) is 0 Å². The summed E-state index contributed by atoms with van der Waals surface area (Å²) in [4.78, 5) is 7.51. The lowest BCUT2D eigenvalue weighted by molar-refractivity contribution is 0.183. The van der Waals surface area contributed by atoms with Crippen LogP contribution in [-0.4, -0.2) is 27.4 Å². The summed E-state index contributed by atoms with van der Waals surface area (Å²) >= 11 is 0. The maximum atomic E-state index is 6.02. The molecule has 4 nitrogen and oxygen atoms in total. The van der Waals surface area contributed by atoms with Gasteiger partial charge in [0.25, 0.3) is 0 Å². The molecular formula is C21H26N4. The molecule has 0 saturated carbocycles. The second kappa shape index (κ2) is 6.52. The smallest absolute Gasteiger partial charge is 0.137 e. The molecule has 1 aliphatic rings. The van der Waals surface area contributed by atoms with E-state index in [1.807, 2.05) is 18.2 Å². The summed E-state index contributed by atoms with van der Waals surface area (Å²) in [5, 5.41) is 0. The number of nitrogen functional groups attached to an aromatic ring is 1. The number of imidazole rings is 1. The Kier molecular flexibility index (Phi) is 4.22. The van der Waals surface area contributed by atoms with Crippen LogP contribution in [0, 0.1) is 12.8 Å². The van der Waals surface area contributed by atoms with Crippen molar-refractivity contribution in [3.05, 3.63) is 53.9 Å². The van der Waals surface area contributed by atoms with E-state index in [9.17, 15) is 0 Å². The predicted octanol–water partition coefficient (Wildman–Crippen LogP) is 4.12. The third kappa shape index (κ3) is 3.14. The molecule has 1 aliphatic heterocycles. The van der Waals surface area contributed by atoms with Gasteiger partial charge in [0.15, 0.2) is 0 Å². The molecule has 2 aromatic heterocycles. The Labute approximate surface area is 149 Å². The lowest BCUT2D eigenvalue weighted by Gasteiger charge is -2.30. The summed E-state index contributed by atoms with van der Waals surface area (Å²) in [6.07, 6.45) is 2.56. The first-order valence-electron chi connectivity index (χ1n) is 9.17. The highest BCUT2D eigenvalue weighted by molar-refractivity contribution is 5.69. The van der Waals surface area contributed by atoms with Crippen LogP contribution in [0.5, 0.6) is 0 Å². The number of rotatable bonds is 3. The summed E-state index contributed by atoms with van der Waals surface area (Å²) in [6, 6.07) is 14.4. The molecule has 3 heterocycles. The molecule has 0 bridgehead atoms. The van der Waals surface area contributed by atoms with Gasteiger partial charge < -0.3 is 5.73 Å². The van der Waals surface area contributed by atoms with E-state index in [2.05, 4.69) is 47.4 Å². The molecule has 0 unspecified atom stereocenters. The fraction of sp³-hybridized carbons (Fsp3) is 0.381. The molecule has 1 fully saturated rings. The molecule has 0 atom stereocenters. The van der Waals surface area contributed by atoms with Gasteiger partial charge in [-0.3, -0.25) is 9.30 Å². The Bertz CT molecular complexity index is 888. The fourth-order valence-corrected chi connectivity index (χ4v) is 3.82. The molecule has 4 heteroatoms. The van der Waals surface area contributed by atoms with Crippen molar-refractivity contribution in [3.8, 4) is 11.3 Å². The number of anilines is 1. The molecule has 25 heavy (non-hydrogen) atoms. The minimum atomic E-state index is 0.782. The Balaban J connectivity index is 1.80. The van der Waals surface area contributed by atoms with Gasteiger partial charge in [0.2, 0.25) is 0 Å².